The van der Waals surface area contributed by atoms with Crippen molar-refractivity contribution >= 4 is 40.0 Å². The standard InChI is InChI=1S/C18H16ClN3O2/c1-11(21-18(24)13-6-2-3-7-14(13)19)17(23)22-15-8-4-5-12-9-10-20-16(12)15/h2-11,20H,1H3,(H,21,24)(H,22,23). The number of rotatable bonds is 4. The van der Waals surface area contributed by atoms with Crippen LogP contribution in [-0.4, -0.2) is 22.8 Å². The lowest BCUT2D eigenvalue weighted by Crippen LogP contribution is -2.41. The molecule has 1 aromatic heterocycles. The normalized spacial score (nSPS) is 11.9. The Morgan fingerprint density at radius 3 is 2.67 bits per heavy atom. The number of carbonyl (C=O) groups excluding carboxylic acids is 2. The quantitative estimate of drug-likeness (QED) is 0.678. The van der Waals surface area contributed by atoms with E-state index in [2.05, 4.69) is 15.6 Å². The van der Waals surface area contributed by atoms with Crippen LogP contribution in [0, 0.1) is 0 Å². The lowest BCUT2D eigenvalue weighted by atomic mass is 10.2. The van der Waals surface area contributed by atoms with Crippen LogP contribution < -0.4 is 10.6 Å². The van der Waals surface area contributed by atoms with E-state index in [1.807, 2.05) is 24.4 Å². The predicted octanol–water partition coefficient (Wildman–Crippen LogP) is 3.58. The van der Waals surface area contributed by atoms with Crippen molar-refractivity contribution in [2.24, 2.45) is 0 Å². The second kappa shape index (κ2) is 6.76. The molecule has 122 valence electrons. The smallest absolute Gasteiger partial charge is 0.253 e. The number of amides is 2. The second-order valence-corrected chi connectivity index (χ2v) is 5.82. The average molecular weight is 342 g/mol. The van der Waals surface area contributed by atoms with Gasteiger partial charge in [-0.3, -0.25) is 9.59 Å². The van der Waals surface area contributed by atoms with Crippen LogP contribution in [0.4, 0.5) is 5.69 Å². The minimum absolute atomic E-state index is 0.308. The number of hydrogen-bond acceptors (Lipinski definition) is 2. The molecule has 0 aliphatic carbocycles. The van der Waals surface area contributed by atoms with Crippen LogP contribution in [0.3, 0.4) is 0 Å². The van der Waals surface area contributed by atoms with Crippen LogP contribution in [-0.2, 0) is 4.79 Å². The molecule has 5 nitrogen and oxygen atoms in total. The molecule has 24 heavy (non-hydrogen) atoms. The number of hydrogen-bond donors (Lipinski definition) is 3. The molecule has 1 atom stereocenters. The van der Waals surface area contributed by atoms with Gasteiger partial charge in [0.1, 0.15) is 6.04 Å². The molecule has 0 aliphatic heterocycles. The van der Waals surface area contributed by atoms with Gasteiger partial charge < -0.3 is 15.6 Å². The van der Waals surface area contributed by atoms with Gasteiger partial charge in [-0.15, -0.1) is 0 Å². The minimum atomic E-state index is -0.709. The average Bonchev–Trinajstić information content (AvgIpc) is 3.04. The summed E-state index contributed by atoms with van der Waals surface area (Å²) in [6.45, 7) is 1.62. The Morgan fingerprint density at radius 2 is 1.88 bits per heavy atom. The maximum absolute atomic E-state index is 12.4. The zero-order valence-electron chi connectivity index (χ0n) is 13.0. The summed E-state index contributed by atoms with van der Waals surface area (Å²) in [6, 6.07) is 13.5. The molecular formula is C18H16ClN3O2. The summed E-state index contributed by atoms with van der Waals surface area (Å²) in [5, 5.41) is 6.82. The van der Waals surface area contributed by atoms with Gasteiger partial charge in [0.05, 0.1) is 21.8 Å². The number of anilines is 1. The van der Waals surface area contributed by atoms with E-state index in [-0.39, 0.29) is 11.8 Å². The number of para-hydroxylation sites is 1. The van der Waals surface area contributed by atoms with Crippen molar-refractivity contribution in [2.45, 2.75) is 13.0 Å². The van der Waals surface area contributed by atoms with E-state index in [0.717, 1.165) is 10.9 Å². The summed E-state index contributed by atoms with van der Waals surface area (Å²) < 4.78 is 0. The zero-order valence-corrected chi connectivity index (χ0v) is 13.7. The van der Waals surface area contributed by atoms with Gasteiger partial charge in [-0.25, -0.2) is 0 Å². The van der Waals surface area contributed by atoms with E-state index in [4.69, 9.17) is 11.6 Å². The van der Waals surface area contributed by atoms with Crippen LogP contribution >= 0.6 is 11.6 Å². The number of carbonyl (C=O) groups is 2. The molecule has 0 bridgehead atoms. The predicted molar refractivity (Wildman–Crippen MR) is 95.3 cm³/mol. The van der Waals surface area contributed by atoms with Crippen LogP contribution in [0.25, 0.3) is 10.9 Å². The van der Waals surface area contributed by atoms with Crippen molar-refractivity contribution in [1.29, 1.82) is 0 Å². The molecule has 0 saturated carbocycles. The summed E-state index contributed by atoms with van der Waals surface area (Å²) in [5.41, 5.74) is 1.85. The zero-order chi connectivity index (χ0) is 17.1. The van der Waals surface area contributed by atoms with Crippen molar-refractivity contribution in [1.82, 2.24) is 10.3 Å². The molecule has 0 fully saturated rings. The van der Waals surface area contributed by atoms with Gasteiger partial charge >= 0.3 is 0 Å². The number of halogens is 1. The maximum Gasteiger partial charge on any atom is 0.253 e. The van der Waals surface area contributed by atoms with E-state index in [9.17, 15) is 9.59 Å². The number of aromatic nitrogens is 1. The van der Waals surface area contributed by atoms with Crippen molar-refractivity contribution in [3.63, 3.8) is 0 Å². The van der Waals surface area contributed by atoms with Crippen LogP contribution in [0.15, 0.2) is 54.7 Å². The highest BCUT2D eigenvalue weighted by Gasteiger charge is 2.18. The van der Waals surface area contributed by atoms with Gasteiger partial charge in [-0.2, -0.15) is 0 Å². The second-order valence-electron chi connectivity index (χ2n) is 5.41. The van der Waals surface area contributed by atoms with Crippen LogP contribution in [0.5, 0.6) is 0 Å². The summed E-state index contributed by atoms with van der Waals surface area (Å²) in [7, 11) is 0. The first-order valence-corrected chi connectivity index (χ1v) is 7.86. The van der Waals surface area contributed by atoms with Gasteiger partial charge in [-0.05, 0) is 31.2 Å². The van der Waals surface area contributed by atoms with Gasteiger partial charge in [-0.1, -0.05) is 35.9 Å². The van der Waals surface area contributed by atoms with Crippen LogP contribution in [0.1, 0.15) is 17.3 Å². The largest absolute Gasteiger partial charge is 0.359 e. The minimum Gasteiger partial charge on any atom is -0.359 e. The third kappa shape index (κ3) is 3.26. The number of nitrogens with one attached hydrogen (secondary N) is 3. The number of H-pyrrole nitrogens is 1. The van der Waals surface area contributed by atoms with Crippen molar-refractivity contribution in [2.75, 3.05) is 5.32 Å². The monoisotopic (exact) mass is 341 g/mol. The Morgan fingerprint density at radius 1 is 1.08 bits per heavy atom. The van der Waals surface area contributed by atoms with Gasteiger partial charge in [0, 0.05) is 11.6 Å². The van der Waals surface area contributed by atoms with E-state index in [1.54, 1.807) is 37.3 Å². The molecule has 2 aromatic carbocycles. The van der Waals surface area contributed by atoms with E-state index in [0.29, 0.717) is 16.3 Å². The first-order valence-electron chi connectivity index (χ1n) is 7.48. The van der Waals surface area contributed by atoms with Gasteiger partial charge in [0.15, 0.2) is 0 Å². The number of aromatic amines is 1. The fourth-order valence-corrected chi connectivity index (χ4v) is 2.64. The highest BCUT2D eigenvalue weighted by Crippen LogP contribution is 2.21. The number of fused-ring (bicyclic) bond motifs is 1. The van der Waals surface area contributed by atoms with Gasteiger partial charge in [0.2, 0.25) is 5.91 Å². The molecule has 0 spiro atoms. The molecule has 1 heterocycles. The summed E-state index contributed by atoms with van der Waals surface area (Å²) in [5.74, 6) is -0.696. The van der Waals surface area contributed by atoms with E-state index in [1.165, 1.54) is 0 Å². The summed E-state index contributed by atoms with van der Waals surface area (Å²) >= 11 is 6.00. The molecule has 6 heteroatoms. The summed E-state index contributed by atoms with van der Waals surface area (Å²) in [6.07, 6.45) is 1.81. The highest BCUT2D eigenvalue weighted by atomic mass is 35.5. The molecule has 3 aromatic rings. The fraction of sp³-hybridized carbons (Fsp3) is 0.111. The molecule has 0 saturated heterocycles. The Labute approximate surface area is 144 Å². The Kier molecular flexibility index (Phi) is 4.53. The fourth-order valence-electron chi connectivity index (χ4n) is 2.42. The van der Waals surface area contributed by atoms with E-state index >= 15 is 0 Å². The molecule has 1 unspecified atom stereocenters. The molecular weight excluding hydrogens is 326 g/mol. The molecule has 0 aliphatic rings. The lowest BCUT2D eigenvalue weighted by molar-refractivity contribution is -0.117. The SMILES string of the molecule is CC(NC(=O)c1ccccc1Cl)C(=O)Nc1cccc2cc[nH]c12. The molecule has 3 rings (SSSR count). The Hall–Kier alpha value is -2.79. The van der Waals surface area contributed by atoms with E-state index < -0.39 is 6.04 Å². The molecule has 0 radical (unpaired) electrons. The Balaban J connectivity index is 1.70. The third-order valence-electron chi connectivity index (χ3n) is 3.70. The summed E-state index contributed by atoms with van der Waals surface area (Å²) in [4.78, 5) is 27.7. The van der Waals surface area contributed by atoms with Crippen molar-refractivity contribution < 1.29 is 9.59 Å². The van der Waals surface area contributed by atoms with Crippen molar-refractivity contribution in [3.8, 4) is 0 Å². The molecule has 2 amide bonds. The number of benzene rings is 2. The van der Waals surface area contributed by atoms with Crippen LogP contribution in [0.2, 0.25) is 5.02 Å². The maximum atomic E-state index is 12.4. The first-order chi connectivity index (χ1) is 11.6. The Bertz CT molecular complexity index is 904. The molecule has 3 N–H and O–H groups in total. The van der Waals surface area contributed by atoms with Gasteiger partial charge in [0.25, 0.3) is 5.91 Å². The first kappa shape index (κ1) is 16.1. The third-order valence-corrected chi connectivity index (χ3v) is 4.03. The lowest BCUT2D eigenvalue weighted by Gasteiger charge is -2.15. The van der Waals surface area contributed by atoms with Crippen molar-refractivity contribution in [3.05, 3.63) is 65.3 Å². The topological polar surface area (TPSA) is 74.0 Å². The highest BCUT2D eigenvalue weighted by molar-refractivity contribution is 6.33.